The number of carbonyl (C=O) groups is 1. The van der Waals surface area contributed by atoms with Gasteiger partial charge in [-0.2, -0.15) is 0 Å². The van der Waals surface area contributed by atoms with Gasteiger partial charge in [0, 0.05) is 24.0 Å². The lowest BCUT2D eigenvalue weighted by molar-refractivity contribution is -0.142. The smallest absolute Gasteiger partial charge is 0.323 e. The van der Waals surface area contributed by atoms with Crippen molar-refractivity contribution in [2.45, 2.75) is 12.5 Å². The fraction of sp³-hybridized carbons (Fsp3) is 0.214. The van der Waals surface area contributed by atoms with E-state index in [4.69, 9.17) is 5.73 Å². The van der Waals surface area contributed by atoms with Crippen LogP contribution in [-0.2, 0) is 16.0 Å². The number of ether oxygens (including phenoxy) is 1. The van der Waals surface area contributed by atoms with Crippen LogP contribution in [0.15, 0.2) is 42.6 Å². The zero-order chi connectivity index (χ0) is 13.8. The monoisotopic (exact) mass is 262 g/mol. The molecule has 4 nitrogen and oxygen atoms in total. The van der Waals surface area contributed by atoms with Crippen molar-refractivity contribution in [3.63, 3.8) is 0 Å². The number of halogens is 1. The van der Waals surface area contributed by atoms with Crippen LogP contribution in [0.4, 0.5) is 4.39 Å². The molecule has 0 aliphatic heterocycles. The Morgan fingerprint density at radius 2 is 2.05 bits per heavy atom. The Labute approximate surface area is 110 Å². The van der Waals surface area contributed by atoms with Gasteiger partial charge in [-0.3, -0.25) is 4.79 Å². The number of esters is 1. The minimum absolute atomic E-state index is 0.288. The van der Waals surface area contributed by atoms with E-state index in [1.807, 2.05) is 22.9 Å². The second-order valence-electron chi connectivity index (χ2n) is 4.18. The third kappa shape index (κ3) is 3.00. The molecule has 0 aliphatic carbocycles. The van der Waals surface area contributed by atoms with Crippen LogP contribution >= 0.6 is 0 Å². The highest BCUT2D eigenvalue weighted by Crippen LogP contribution is 2.14. The summed E-state index contributed by atoms with van der Waals surface area (Å²) < 4.78 is 19.4. The summed E-state index contributed by atoms with van der Waals surface area (Å²) in [5, 5.41) is 0. The number of nitrogens with zero attached hydrogens (tertiary/aromatic N) is 1. The largest absolute Gasteiger partial charge is 0.468 e. The Kier molecular flexibility index (Phi) is 3.97. The maximum Gasteiger partial charge on any atom is 0.323 e. The van der Waals surface area contributed by atoms with E-state index in [0.29, 0.717) is 6.42 Å². The van der Waals surface area contributed by atoms with Crippen LogP contribution in [0.2, 0.25) is 0 Å². The summed E-state index contributed by atoms with van der Waals surface area (Å²) in [5.41, 5.74) is 7.43. The fourth-order valence-corrected chi connectivity index (χ4v) is 1.90. The molecule has 2 N–H and O–H groups in total. The van der Waals surface area contributed by atoms with Crippen LogP contribution in [0, 0.1) is 5.82 Å². The number of nitrogens with two attached hydrogens (primary N) is 1. The van der Waals surface area contributed by atoms with Crippen molar-refractivity contribution in [1.29, 1.82) is 0 Å². The average Bonchev–Trinajstić information content (AvgIpc) is 2.86. The highest BCUT2D eigenvalue weighted by Gasteiger charge is 2.16. The number of hydrogen-bond acceptors (Lipinski definition) is 3. The molecular weight excluding hydrogens is 247 g/mol. The molecule has 0 bridgehead atoms. The van der Waals surface area contributed by atoms with Crippen molar-refractivity contribution >= 4 is 5.97 Å². The van der Waals surface area contributed by atoms with Gasteiger partial charge in [-0.1, -0.05) is 0 Å². The lowest BCUT2D eigenvalue weighted by atomic mass is 10.1. The van der Waals surface area contributed by atoms with Crippen molar-refractivity contribution in [2.75, 3.05) is 7.11 Å². The van der Waals surface area contributed by atoms with Crippen molar-refractivity contribution in [1.82, 2.24) is 4.57 Å². The quantitative estimate of drug-likeness (QED) is 0.852. The van der Waals surface area contributed by atoms with Gasteiger partial charge in [-0.25, -0.2) is 4.39 Å². The normalized spacial score (nSPS) is 12.2. The summed E-state index contributed by atoms with van der Waals surface area (Å²) in [6, 6.07) is 9.12. The molecule has 0 fully saturated rings. The third-order valence-corrected chi connectivity index (χ3v) is 2.87. The molecule has 0 spiro atoms. The van der Waals surface area contributed by atoms with E-state index in [1.54, 1.807) is 12.1 Å². The van der Waals surface area contributed by atoms with Crippen molar-refractivity contribution in [2.24, 2.45) is 5.73 Å². The van der Waals surface area contributed by atoms with Crippen molar-refractivity contribution in [3.8, 4) is 5.69 Å². The van der Waals surface area contributed by atoms with Gasteiger partial charge in [-0.15, -0.1) is 0 Å². The summed E-state index contributed by atoms with van der Waals surface area (Å²) in [6.45, 7) is 0. The summed E-state index contributed by atoms with van der Waals surface area (Å²) in [6.07, 6.45) is 2.20. The van der Waals surface area contributed by atoms with Gasteiger partial charge in [0.2, 0.25) is 0 Å². The minimum atomic E-state index is -0.709. The Bertz CT molecular complexity index is 563. The van der Waals surface area contributed by atoms with Crippen LogP contribution in [0.5, 0.6) is 0 Å². The number of carbonyl (C=O) groups excluding carboxylic acids is 1. The number of methoxy groups -OCH3 is 1. The summed E-state index contributed by atoms with van der Waals surface area (Å²) >= 11 is 0. The predicted molar refractivity (Wildman–Crippen MR) is 69.4 cm³/mol. The SMILES string of the molecule is COC(=O)C(N)Cc1cccn1-c1ccc(F)cc1. The van der Waals surface area contributed by atoms with E-state index in [2.05, 4.69) is 4.74 Å². The van der Waals surface area contributed by atoms with Crippen molar-refractivity contribution in [3.05, 3.63) is 54.1 Å². The van der Waals surface area contributed by atoms with Crippen LogP contribution in [0.1, 0.15) is 5.69 Å². The predicted octanol–water partition coefficient (Wildman–Crippen LogP) is 1.66. The van der Waals surface area contributed by atoms with E-state index in [0.717, 1.165) is 11.4 Å². The number of rotatable bonds is 4. The van der Waals surface area contributed by atoms with E-state index in [9.17, 15) is 9.18 Å². The molecule has 19 heavy (non-hydrogen) atoms. The molecule has 1 heterocycles. The lowest BCUT2D eigenvalue weighted by Gasteiger charge is -2.12. The molecule has 1 atom stereocenters. The van der Waals surface area contributed by atoms with E-state index < -0.39 is 12.0 Å². The van der Waals surface area contributed by atoms with Crippen LogP contribution in [0.25, 0.3) is 5.69 Å². The van der Waals surface area contributed by atoms with Crippen molar-refractivity contribution < 1.29 is 13.9 Å². The number of hydrogen-bond donors (Lipinski definition) is 1. The molecule has 0 radical (unpaired) electrons. The number of benzene rings is 1. The van der Waals surface area contributed by atoms with Gasteiger partial charge < -0.3 is 15.0 Å². The molecule has 100 valence electrons. The van der Waals surface area contributed by atoms with E-state index >= 15 is 0 Å². The first-order chi connectivity index (χ1) is 9.11. The molecule has 0 saturated carbocycles. The summed E-state index contributed by atoms with van der Waals surface area (Å²) in [7, 11) is 1.31. The molecule has 0 aliphatic rings. The van der Waals surface area contributed by atoms with Crippen LogP contribution in [0.3, 0.4) is 0 Å². The Balaban J connectivity index is 2.22. The standard InChI is InChI=1S/C14H15FN2O2/c1-19-14(18)13(16)9-12-3-2-8-17(12)11-6-4-10(15)5-7-11/h2-8,13H,9,16H2,1H3. The summed E-state index contributed by atoms with van der Waals surface area (Å²) in [4.78, 5) is 11.3. The van der Waals surface area contributed by atoms with Gasteiger partial charge in [0.25, 0.3) is 0 Å². The molecule has 1 unspecified atom stereocenters. The van der Waals surface area contributed by atoms with Gasteiger partial charge >= 0.3 is 5.97 Å². The molecule has 1 aromatic carbocycles. The molecule has 1 aromatic heterocycles. The highest BCUT2D eigenvalue weighted by molar-refractivity contribution is 5.75. The zero-order valence-electron chi connectivity index (χ0n) is 10.5. The fourth-order valence-electron chi connectivity index (χ4n) is 1.90. The molecular formula is C14H15FN2O2. The Hall–Kier alpha value is -2.14. The first kappa shape index (κ1) is 13.3. The maximum atomic E-state index is 12.9. The zero-order valence-corrected chi connectivity index (χ0v) is 10.5. The Morgan fingerprint density at radius 1 is 1.37 bits per heavy atom. The minimum Gasteiger partial charge on any atom is -0.468 e. The van der Waals surface area contributed by atoms with E-state index in [-0.39, 0.29) is 5.82 Å². The summed E-state index contributed by atoms with van der Waals surface area (Å²) in [5.74, 6) is -0.740. The van der Waals surface area contributed by atoms with E-state index in [1.165, 1.54) is 19.2 Å². The molecule has 2 aromatic rings. The number of aromatic nitrogens is 1. The topological polar surface area (TPSA) is 57.2 Å². The maximum absolute atomic E-state index is 12.9. The molecule has 5 heteroatoms. The van der Waals surface area contributed by atoms with Gasteiger partial charge in [-0.05, 0) is 36.4 Å². The molecule has 0 saturated heterocycles. The molecule has 2 rings (SSSR count). The van der Waals surface area contributed by atoms with Crippen LogP contribution in [-0.4, -0.2) is 23.7 Å². The van der Waals surface area contributed by atoms with Gasteiger partial charge in [0.05, 0.1) is 7.11 Å². The van der Waals surface area contributed by atoms with Gasteiger partial charge in [0.15, 0.2) is 0 Å². The second kappa shape index (κ2) is 5.67. The second-order valence-corrected chi connectivity index (χ2v) is 4.18. The van der Waals surface area contributed by atoms with Gasteiger partial charge in [0.1, 0.15) is 11.9 Å². The first-order valence-corrected chi connectivity index (χ1v) is 5.87. The average molecular weight is 262 g/mol. The lowest BCUT2D eigenvalue weighted by Crippen LogP contribution is -2.34. The van der Waals surface area contributed by atoms with Crippen LogP contribution < -0.4 is 5.73 Å². The Morgan fingerprint density at radius 3 is 2.68 bits per heavy atom. The third-order valence-electron chi connectivity index (χ3n) is 2.87. The first-order valence-electron chi connectivity index (χ1n) is 5.87. The molecule has 0 amide bonds. The highest BCUT2D eigenvalue weighted by atomic mass is 19.1.